The van der Waals surface area contributed by atoms with Crippen molar-refractivity contribution in [2.24, 2.45) is 0 Å². The van der Waals surface area contributed by atoms with E-state index in [0.717, 1.165) is 0 Å². The Kier molecular flexibility index (Phi) is 5.33. The third-order valence-electron chi connectivity index (χ3n) is 8.99. The predicted molar refractivity (Wildman–Crippen MR) is 185 cm³/mol. The van der Waals surface area contributed by atoms with Crippen LogP contribution in [0.25, 0.3) is 54.6 Å². The molecule has 43 heavy (non-hydrogen) atoms. The lowest BCUT2D eigenvalue weighted by Gasteiger charge is -2.27. The van der Waals surface area contributed by atoms with Gasteiger partial charge in [0.2, 0.25) is 0 Å². The van der Waals surface area contributed by atoms with E-state index in [2.05, 4.69) is 173 Å². The highest BCUT2D eigenvalue weighted by Gasteiger charge is 2.39. The van der Waals surface area contributed by atoms with Crippen molar-refractivity contribution in [3.8, 4) is 22.3 Å². The van der Waals surface area contributed by atoms with Crippen molar-refractivity contribution < 1.29 is 0 Å². The molecule has 0 fully saturated rings. The molecule has 0 spiro atoms. The molecule has 0 bridgehead atoms. The van der Waals surface area contributed by atoms with Crippen LogP contribution in [0.1, 0.15) is 0 Å². The van der Waals surface area contributed by atoms with Crippen molar-refractivity contribution in [2.45, 2.75) is 0 Å². The third-order valence-corrected chi connectivity index (χ3v) is 8.99. The van der Waals surface area contributed by atoms with Crippen molar-refractivity contribution in [1.82, 2.24) is 0 Å². The molecule has 2 heterocycles. The Morgan fingerprint density at radius 3 is 2.09 bits per heavy atom. The first-order valence-corrected chi connectivity index (χ1v) is 14.9. The monoisotopic (exact) mass is 546 g/mol. The lowest BCUT2D eigenvalue weighted by Crippen LogP contribution is -2.42. The van der Waals surface area contributed by atoms with E-state index in [1.165, 1.54) is 71.6 Å². The second kappa shape index (κ2) is 9.50. The van der Waals surface area contributed by atoms with Crippen molar-refractivity contribution in [1.29, 1.82) is 0 Å². The fourth-order valence-corrected chi connectivity index (χ4v) is 6.96. The van der Waals surface area contributed by atoms with E-state index in [9.17, 15) is 0 Å². The van der Waals surface area contributed by atoms with Gasteiger partial charge in [-0.05, 0) is 109 Å². The van der Waals surface area contributed by atoms with Crippen LogP contribution in [-0.4, -0.2) is 6.98 Å². The van der Waals surface area contributed by atoms with E-state index < -0.39 is 0 Å². The van der Waals surface area contributed by atoms with Crippen molar-refractivity contribution in [3.63, 3.8) is 0 Å². The van der Waals surface area contributed by atoms with Gasteiger partial charge >= 0.3 is 6.98 Å². The number of nitrogens with zero attached hydrogens (tertiary/aromatic N) is 2. The van der Waals surface area contributed by atoms with Crippen LogP contribution < -0.4 is 9.62 Å². The minimum atomic E-state index is 0.146. The molecule has 0 N–H and O–H groups in total. The zero-order chi connectivity index (χ0) is 28.3. The zero-order valence-electron chi connectivity index (χ0n) is 23.6. The van der Waals surface area contributed by atoms with Crippen LogP contribution in [0, 0.1) is 0 Å². The average Bonchev–Trinajstić information content (AvgIpc) is 3.42. The molecule has 7 aromatic carbocycles. The number of fused-ring (bicyclic) bond motifs is 7. The standard InChI is InChI=1S/C40H27BN2/c1-2-13-35-33(10-1)27-38(37-15-4-3-14-36(35)37)32-12-9-11-28(25-32)29-18-19-31-26-34(21-20-30(31)24-29)43-40-17-6-5-16-39(40)42-23-8-7-22-41(42)43/h1-27H. The van der Waals surface area contributed by atoms with E-state index in [1.54, 1.807) is 0 Å². The summed E-state index contributed by atoms with van der Waals surface area (Å²) >= 11 is 0. The van der Waals surface area contributed by atoms with Crippen LogP contribution in [0.15, 0.2) is 164 Å². The minimum absolute atomic E-state index is 0.146. The van der Waals surface area contributed by atoms with E-state index in [-0.39, 0.29) is 6.98 Å². The highest BCUT2D eigenvalue weighted by Crippen LogP contribution is 2.44. The molecule has 2 aliphatic rings. The Morgan fingerprint density at radius 1 is 0.442 bits per heavy atom. The normalized spacial score (nSPS) is 13.7. The number of hydrogen-bond acceptors (Lipinski definition) is 2. The number of allylic oxidation sites excluding steroid dienone is 2. The molecular weight excluding hydrogens is 519 g/mol. The van der Waals surface area contributed by atoms with E-state index in [4.69, 9.17) is 0 Å². The highest BCUT2D eigenvalue weighted by molar-refractivity contribution is 6.76. The molecule has 0 saturated heterocycles. The first-order chi connectivity index (χ1) is 21.3. The van der Waals surface area contributed by atoms with Gasteiger partial charge in [0.15, 0.2) is 0 Å². The first-order valence-electron chi connectivity index (χ1n) is 14.9. The average molecular weight is 546 g/mol. The fraction of sp³-hybridized carbons (Fsp3) is 0. The minimum Gasteiger partial charge on any atom is -0.367 e. The summed E-state index contributed by atoms with van der Waals surface area (Å²) in [6, 6.07) is 51.1. The smallest absolute Gasteiger partial charge is 0.367 e. The molecule has 0 saturated carbocycles. The van der Waals surface area contributed by atoms with Gasteiger partial charge in [-0.15, -0.1) is 0 Å². The lowest BCUT2D eigenvalue weighted by molar-refractivity contribution is 1.39. The topological polar surface area (TPSA) is 6.48 Å². The second-order valence-electron chi connectivity index (χ2n) is 11.4. The number of para-hydroxylation sites is 2. The van der Waals surface area contributed by atoms with Crippen molar-refractivity contribution in [3.05, 3.63) is 164 Å². The third kappa shape index (κ3) is 3.82. The van der Waals surface area contributed by atoms with Gasteiger partial charge in [0.05, 0.1) is 11.4 Å². The Morgan fingerprint density at radius 2 is 1.16 bits per heavy atom. The Labute approximate surface area is 251 Å². The maximum Gasteiger partial charge on any atom is 0.412 e. The summed E-state index contributed by atoms with van der Waals surface area (Å²) in [5.74, 6) is 2.26. The Bertz CT molecular complexity index is 2280. The largest absolute Gasteiger partial charge is 0.412 e. The molecule has 9 rings (SSSR count). The van der Waals surface area contributed by atoms with E-state index in [1.807, 2.05) is 0 Å². The summed E-state index contributed by atoms with van der Waals surface area (Å²) in [6.45, 7) is 0.146. The lowest BCUT2D eigenvalue weighted by atomic mass is 9.71. The van der Waals surface area contributed by atoms with Gasteiger partial charge in [0.25, 0.3) is 0 Å². The van der Waals surface area contributed by atoms with Gasteiger partial charge in [-0.3, -0.25) is 0 Å². The number of benzene rings is 7. The summed E-state index contributed by atoms with van der Waals surface area (Å²) < 4.78 is 0. The predicted octanol–water partition coefficient (Wildman–Crippen LogP) is 10.5. The van der Waals surface area contributed by atoms with Crippen LogP contribution >= 0.6 is 0 Å². The molecule has 0 aromatic heterocycles. The molecule has 3 heteroatoms. The van der Waals surface area contributed by atoms with Gasteiger partial charge in [0, 0.05) is 5.69 Å². The van der Waals surface area contributed by atoms with E-state index >= 15 is 0 Å². The summed E-state index contributed by atoms with van der Waals surface area (Å²) in [6.07, 6.45) is 6.42. The first kappa shape index (κ1) is 24.1. The van der Waals surface area contributed by atoms with Crippen LogP contribution in [0.4, 0.5) is 17.1 Å². The SMILES string of the molecule is C1=CB2N(C=C1)c1ccccc1N2c1ccc2cc(-c3cccc(-c4cc5ccccc5c5ccccc45)c3)ccc2c1. The summed E-state index contributed by atoms with van der Waals surface area (Å²) in [5, 5.41) is 7.63. The van der Waals surface area contributed by atoms with Crippen LogP contribution in [0.2, 0.25) is 0 Å². The zero-order valence-corrected chi connectivity index (χ0v) is 23.6. The van der Waals surface area contributed by atoms with Crippen LogP contribution in [-0.2, 0) is 0 Å². The highest BCUT2D eigenvalue weighted by atomic mass is 15.3. The Balaban J connectivity index is 1.11. The molecule has 0 radical (unpaired) electrons. The quantitative estimate of drug-likeness (QED) is 0.161. The number of anilines is 3. The van der Waals surface area contributed by atoms with Gasteiger partial charge in [-0.25, -0.2) is 0 Å². The molecule has 0 atom stereocenters. The van der Waals surface area contributed by atoms with Gasteiger partial charge < -0.3 is 9.62 Å². The van der Waals surface area contributed by atoms with Crippen LogP contribution in [0.3, 0.4) is 0 Å². The van der Waals surface area contributed by atoms with E-state index in [0.29, 0.717) is 0 Å². The number of hydrogen-bond donors (Lipinski definition) is 0. The van der Waals surface area contributed by atoms with Gasteiger partial charge in [-0.2, -0.15) is 0 Å². The molecule has 0 amide bonds. The summed E-state index contributed by atoms with van der Waals surface area (Å²) in [5.41, 5.74) is 8.63. The second-order valence-corrected chi connectivity index (χ2v) is 11.4. The maximum atomic E-state index is 2.43. The molecule has 2 nitrogen and oxygen atoms in total. The van der Waals surface area contributed by atoms with Gasteiger partial charge in [-0.1, -0.05) is 109 Å². The van der Waals surface area contributed by atoms with Gasteiger partial charge in [0.1, 0.15) is 0 Å². The van der Waals surface area contributed by atoms with Crippen molar-refractivity contribution >= 4 is 56.4 Å². The number of rotatable bonds is 3. The van der Waals surface area contributed by atoms with Crippen molar-refractivity contribution in [2.75, 3.05) is 9.62 Å². The summed E-state index contributed by atoms with van der Waals surface area (Å²) in [4.78, 5) is 4.77. The maximum absolute atomic E-state index is 2.43. The molecule has 200 valence electrons. The molecule has 2 aliphatic heterocycles. The molecule has 0 unspecified atom stereocenters. The Hall–Kier alpha value is -5.54. The fourth-order valence-electron chi connectivity index (χ4n) is 6.96. The molecule has 7 aromatic rings. The summed E-state index contributed by atoms with van der Waals surface area (Å²) in [7, 11) is 0. The molecule has 0 aliphatic carbocycles. The van der Waals surface area contributed by atoms with Crippen LogP contribution in [0.5, 0.6) is 0 Å². The molecular formula is C40H27BN2.